The summed E-state index contributed by atoms with van der Waals surface area (Å²) in [5, 5.41) is 24.0. The summed E-state index contributed by atoms with van der Waals surface area (Å²) in [6.45, 7) is -0.682. The summed E-state index contributed by atoms with van der Waals surface area (Å²) in [5.74, 6) is -0.542. The van der Waals surface area contributed by atoms with Crippen molar-refractivity contribution in [1.82, 2.24) is 9.62 Å². The number of hydrogen-bond donors (Lipinski definition) is 2. The molecule has 31 heavy (non-hydrogen) atoms. The third-order valence-corrected chi connectivity index (χ3v) is 8.40. The van der Waals surface area contributed by atoms with Gasteiger partial charge in [-0.2, -0.15) is 4.31 Å². The number of nitro groups is 1. The van der Waals surface area contributed by atoms with Crippen LogP contribution in [0.25, 0.3) is 0 Å². The number of non-ortho nitro benzene ring substituents is 1. The van der Waals surface area contributed by atoms with Gasteiger partial charge in [-0.25, -0.2) is 8.42 Å². The second kappa shape index (κ2) is 9.82. The minimum atomic E-state index is -4.21. The Hall–Kier alpha value is -1.73. The molecular formula is C18H17Cl2N3O6S2. The zero-order valence-electron chi connectivity index (χ0n) is 15.8. The number of carbonyl (C=O) groups excluding carboxylic acids is 1. The normalized spacial score (nSPS) is 17.5. The topological polar surface area (TPSA) is 130 Å². The lowest BCUT2D eigenvalue weighted by atomic mass is 10.1. The van der Waals surface area contributed by atoms with Gasteiger partial charge in [0.2, 0.25) is 10.0 Å². The maximum Gasteiger partial charge on any atom is 0.270 e. The molecular weight excluding hydrogens is 489 g/mol. The van der Waals surface area contributed by atoms with Gasteiger partial charge in [0.05, 0.1) is 16.0 Å². The smallest absolute Gasteiger partial charge is 0.270 e. The van der Waals surface area contributed by atoms with E-state index < -0.39 is 39.1 Å². The standard InChI is InChI=1S/C18H17Cl2N3O6S2/c19-11-1-3-13(20)17(7-11)30-16-4-2-12(23(26)27)8-18(16)31(28,29)22-6-5-21-14(9-22)15(25)10-24/h1-4,7-8,14,21,24H,5-6,9-10H2. The first-order valence-electron chi connectivity index (χ1n) is 8.92. The molecule has 3 rings (SSSR count). The average Bonchev–Trinajstić information content (AvgIpc) is 2.75. The van der Waals surface area contributed by atoms with Crippen molar-refractivity contribution in [3.05, 3.63) is 56.6 Å². The lowest BCUT2D eigenvalue weighted by Gasteiger charge is -2.32. The van der Waals surface area contributed by atoms with Crippen molar-refractivity contribution in [3.63, 3.8) is 0 Å². The molecule has 0 bridgehead atoms. The molecule has 0 aromatic heterocycles. The highest BCUT2D eigenvalue weighted by molar-refractivity contribution is 8.00. The number of nitrogens with one attached hydrogen (secondary N) is 1. The number of aliphatic hydroxyl groups is 1. The molecule has 1 atom stereocenters. The number of aliphatic hydroxyl groups excluding tert-OH is 1. The summed E-state index contributed by atoms with van der Waals surface area (Å²) in [5.41, 5.74) is -0.391. The minimum Gasteiger partial charge on any atom is -0.389 e. The van der Waals surface area contributed by atoms with Crippen LogP contribution in [0.1, 0.15) is 0 Å². The molecule has 0 saturated carbocycles. The van der Waals surface area contributed by atoms with Gasteiger partial charge in [-0.05, 0) is 24.3 Å². The van der Waals surface area contributed by atoms with Gasteiger partial charge in [0.25, 0.3) is 5.69 Å². The van der Waals surface area contributed by atoms with Gasteiger partial charge in [0, 0.05) is 46.6 Å². The van der Waals surface area contributed by atoms with E-state index in [1.165, 1.54) is 12.1 Å². The van der Waals surface area contributed by atoms with E-state index in [0.717, 1.165) is 22.1 Å². The number of ketones is 1. The second-order valence-electron chi connectivity index (χ2n) is 6.56. The maximum atomic E-state index is 13.4. The molecule has 2 aromatic rings. The molecule has 1 fully saturated rings. The van der Waals surface area contributed by atoms with Crippen molar-refractivity contribution < 1.29 is 23.2 Å². The molecule has 1 unspecified atom stereocenters. The van der Waals surface area contributed by atoms with Gasteiger partial charge < -0.3 is 10.4 Å². The highest BCUT2D eigenvalue weighted by Gasteiger charge is 2.35. The Morgan fingerprint density at radius 3 is 2.68 bits per heavy atom. The Morgan fingerprint density at radius 1 is 1.26 bits per heavy atom. The predicted molar refractivity (Wildman–Crippen MR) is 116 cm³/mol. The fourth-order valence-corrected chi connectivity index (χ4v) is 6.32. The first kappa shape index (κ1) is 23.9. The number of benzene rings is 2. The number of nitro benzene ring substituents is 1. The van der Waals surface area contributed by atoms with Crippen LogP contribution in [0.5, 0.6) is 0 Å². The monoisotopic (exact) mass is 505 g/mol. The van der Waals surface area contributed by atoms with Crippen LogP contribution in [0.4, 0.5) is 5.69 Å². The van der Waals surface area contributed by atoms with E-state index in [-0.39, 0.29) is 29.4 Å². The molecule has 0 aliphatic carbocycles. The van der Waals surface area contributed by atoms with E-state index in [9.17, 15) is 23.3 Å². The molecule has 0 spiro atoms. The van der Waals surface area contributed by atoms with Crippen molar-refractivity contribution in [3.8, 4) is 0 Å². The van der Waals surface area contributed by atoms with Gasteiger partial charge in [0.15, 0.2) is 5.78 Å². The fraction of sp³-hybridized carbons (Fsp3) is 0.278. The molecule has 1 heterocycles. The first-order chi connectivity index (χ1) is 14.6. The van der Waals surface area contributed by atoms with Crippen molar-refractivity contribution >= 4 is 56.5 Å². The van der Waals surface area contributed by atoms with Crippen LogP contribution in [0.2, 0.25) is 10.0 Å². The van der Waals surface area contributed by atoms with Gasteiger partial charge in [-0.1, -0.05) is 35.0 Å². The lowest BCUT2D eigenvalue weighted by Crippen LogP contribution is -2.56. The van der Waals surface area contributed by atoms with Gasteiger partial charge in [-0.15, -0.1) is 0 Å². The maximum absolute atomic E-state index is 13.4. The van der Waals surface area contributed by atoms with Crippen LogP contribution >= 0.6 is 35.0 Å². The second-order valence-corrected chi connectivity index (χ2v) is 10.4. The Labute approximate surface area is 192 Å². The van der Waals surface area contributed by atoms with Crippen molar-refractivity contribution in [2.24, 2.45) is 0 Å². The molecule has 9 nitrogen and oxygen atoms in total. The molecule has 0 amide bonds. The summed E-state index contributed by atoms with van der Waals surface area (Å²) in [4.78, 5) is 22.9. The summed E-state index contributed by atoms with van der Waals surface area (Å²) >= 11 is 13.2. The average molecular weight is 506 g/mol. The number of carbonyl (C=O) groups is 1. The molecule has 1 aliphatic rings. The molecule has 2 aromatic carbocycles. The van der Waals surface area contributed by atoms with Crippen LogP contribution in [0.3, 0.4) is 0 Å². The third-order valence-electron chi connectivity index (χ3n) is 4.55. The summed E-state index contributed by atoms with van der Waals surface area (Å²) in [7, 11) is -4.21. The van der Waals surface area contributed by atoms with E-state index in [1.54, 1.807) is 18.2 Å². The molecule has 0 radical (unpaired) electrons. The lowest BCUT2D eigenvalue weighted by molar-refractivity contribution is -0.385. The Morgan fingerprint density at radius 2 is 2.00 bits per heavy atom. The molecule has 1 aliphatic heterocycles. The molecule has 1 saturated heterocycles. The number of Topliss-reactive ketones (excluding diaryl/α,β-unsaturated/α-hetero) is 1. The van der Waals surface area contributed by atoms with Crippen LogP contribution < -0.4 is 5.32 Å². The Balaban J connectivity index is 2.04. The third kappa shape index (κ3) is 5.37. The number of nitrogens with zero attached hydrogens (tertiary/aromatic N) is 2. The number of piperazine rings is 1. The van der Waals surface area contributed by atoms with E-state index in [4.69, 9.17) is 28.3 Å². The highest BCUT2D eigenvalue weighted by Crippen LogP contribution is 2.40. The van der Waals surface area contributed by atoms with E-state index >= 15 is 0 Å². The van der Waals surface area contributed by atoms with E-state index in [0.29, 0.717) is 14.9 Å². The quantitative estimate of drug-likeness (QED) is 0.433. The number of rotatable bonds is 7. The largest absolute Gasteiger partial charge is 0.389 e. The van der Waals surface area contributed by atoms with Crippen molar-refractivity contribution in [2.45, 2.75) is 20.7 Å². The molecule has 166 valence electrons. The Bertz CT molecular complexity index is 1130. The van der Waals surface area contributed by atoms with Gasteiger partial charge in [0.1, 0.15) is 11.5 Å². The molecule has 2 N–H and O–H groups in total. The Kier molecular flexibility index (Phi) is 7.58. The van der Waals surface area contributed by atoms with E-state index in [1.807, 2.05) is 0 Å². The highest BCUT2D eigenvalue weighted by atomic mass is 35.5. The molecule has 13 heteroatoms. The van der Waals surface area contributed by atoms with Crippen molar-refractivity contribution in [1.29, 1.82) is 0 Å². The zero-order valence-corrected chi connectivity index (χ0v) is 19.0. The number of halogens is 2. The van der Waals surface area contributed by atoms with Gasteiger partial charge >= 0.3 is 0 Å². The summed E-state index contributed by atoms with van der Waals surface area (Å²) < 4.78 is 27.9. The minimum absolute atomic E-state index is 0.0578. The van der Waals surface area contributed by atoms with E-state index in [2.05, 4.69) is 5.32 Å². The number of hydrogen-bond acceptors (Lipinski definition) is 8. The van der Waals surface area contributed by atoms with Crippen LogP contribution in [0, 0.1) is 10.1 Å². The fourth-order valence-electron chi connectivity index (χ4n) is 2.98. The zero-order chi connectivity index (χ0) is 22.8. The van der Waals surface area contributed by atoms with Crippen LogP contribution in [-0.2, 0) is 14.8 Å². The van der Waals surface area contributed by atoms with Gasteiger partial charge in [-0.3, -0.25) is 14.9 Å². The summed E-state index contributed by atoms with van der Waals surface area (Å²) in [6.07, 6.45) is 0. The predicted octanol–water partition coefficient (Wildman–Crippen LogP) is 2.58. The van der Waals surface area contributed by atoms with Crippen LogP contribution in [0.15, 0.2) is 51.1 Å². The summed E-state index contributed by atoms with van der Waals surface area (Å²) in [6, 6.07) is 7.37. The first-order valence-corrected chi connectivity index (χ1v) is 11.9. The van der Waals surface area contributed by atoms with Crippen molar-refractivity contribution in [2.75, 3.05) is 26.2 Å². The number of sulfonamides is 1. The van der Waals surface area contributed by atoms with Crippen LogP contribution in [-0.4, -0.2) is 60.8 Å². The SMILES string of the molecule is O=C(CO)C1CN(S(=O)(=O)c2cc([N+](=O)[O-])ccc2Sc2cc(Cl)ccc2Cl)CCN1.